The Balaban J connectivity index is 2.07. The standard InChI is InChI=1S/C13H16BrFO2/c1-8-4-5-17-13(8)12(16)7-9-6-10(14)2-3-11(9)15/h2-3,6,8,12-13,16H,4-5,7H2,1H3. The molecule has 1 fully saturated rings. The summed E-state index contributed by atoms with van der Waals surface area (Å²) < 4.78 is 19.8. The largest absolute Gasteiger partial charge is 0.390 e. The van der Waals surface area contributed by atoms with Crippen LogP contribution in [0.2, 0.25) is 0 Å². The lowest BCUT2D eigenvalue weighted by atomic mass is 9.95. The van der Waals surface area contributed by atoms with Gasteiger partial charge >= 0.3 is 0 Å². The Labute approximate surface area is 109 Å². The van der Waals surface area contributed by atoms with E-state index in [-0.39, 0.29) is 11.9 Å². The number of aliphatic hydroxyl groups is 1. The zero-order valence-corrected chi connectivity index (χ0v) is 11.3. The van der Waals surface area contributed by atoms with Gasteiger partial charge in [0.1, 0.15) is 5.82 Å². The van der Waals surface area contributed by atoms with Crippen LogP contribution in [0.3, 0.4) is 0 Å². The molecule has 2 nitrogen and oxygen atoms in total. The van der Waals surface area contributed by atoms with E-state index in [9.17, 15) is 9.50 Å². The molecule has 1 saturated heterocycles. The molecule has 0 aliphatic carbocycles. The van der Waals surface area contributed by atoms with Crippen LogP contribution in [0, 0.1) is 11.7 Å². The van der Waals surface area contributed by atoms with E-state index in [0.29, 0.717) is 24.5 Å². The Hall–Kier alpha value is -0.450. The van der Waals surface area contributed by atoms with Crippen LogP contribution in [0.4, 0.5) is 4.39 Å². The molecule has 0 bridgehead atoms. The van der Waals surface area contributed by atoms with Crippen LogP contribution in [-0.2, 0) is 11.2 Å². The van der Waals surface area contributed by atoms with Crippen molar-refractivity contribution in [2.45, 2.75) is 32.0 Å². The first kappa shape index (κ1) is 13.0. The van der Waals surface area contributed by atoms with Crippen molar-refractivity contribution in [3.63, 3.8) is 0 Å². The maximum absolute atomic E-state index is 13.5. The summed E-state index contributed by atoms with van der Waals surface area (Å²) in [5.74, 6) is 0.0538. The number of ether oxygens (including phenoxy) is 1. The molecule has 0 spiro atoms. The molecule has 4 heteroatoms. The maximum Gasteiger partial charge on any atom is 0.126 e. The van der Waals surface area contributed by atoms with Crippen molar-refractivity contribution in [2.75, 3.05) is 6.61 Å². The maximum atomic E-state index is 13.5. The minimum Gasteiger partial charge on any atom is -0.390 e. The molecule has 2 rings (SSSR count). The smallest absolute Gasteiger partial charge is 0.126 e. The van der Waals surface area contributed by atoms with Crippen LogP contribution in [0.1, 0.15) is 18.9 Å². The van der Waals surface area contributed by atoms with Crippen molar-refractivity contribution in [3.8, 4) is 0 Å². The van der Waals surface area contributed by atoms with Crippen LogP contribution in [0.25, 0.3) is 0 Å². The van der Waals surface area contributed by atoms with Gasteiger partial charge in [0.2, 0.25) is 0 Å². The second-order valence-electron chi connectivity index (χ2n) is 4.61. The van der Waals surface area contributed by atoms with Crippen molar-refractivity contribution in [3.05, 3.63) is 34.1 Å². The van der Waals surface area contributed by atoms with E-state index in [1.54, 1.807) is 12.1 Å². The quantitative estimate of drug-likeness (QED) is 0.930. The minimum atomic E-state index is -0.642. The van der Waals surface area contributed by atoms with Crippen LogP contribution < -0.4 is 0 Å². The summed E-state index contributed by atoms with van der Waals surface area (Å²) in [5, 5.41) is 10.1. The van der Waals surface area contributed by atoms with E-state index in [2.05, 4.69) is 22.9 Å². The van der Waals surface area contributed by atoms with E-state index in [0.717, 1.165) is 10.9 Å². The highest BCUT2D eigenvalue weighted by atomic mass is 79.9. The SMILES string of the molecule is CC1CCOC1C(O)Cc1cc(Br)ccc1F. The fourth-order valence-electron chi connectivity index (χ4n) is 2.25. The highest BCUT2D eigenvalue weighted by Crippen LogP contribution is 2.26. The Morgan fingerprint density at radius 2 is 2.35 bits per heavy atom. The molecular weight excluding hydrogens is 287 g/mol. The average Bonchev–Trinajstić information content (AvgIpc) is 2.70. The molecule has 1 aliphatic heterocycles. The third-order valence-electron chi connectivity index (χ3n) is 3.26. The van der Waals surface area contributed by atoms with Crippen molar-refractivity contribution >= 4 is 15.9 Å². The van der Waals surface area contributed by atoms with Gasteiger partial charge in [0, 0.05) is 17.5 Å². The highest BCUT2D eigenvalue weighted by molar-refractivity contribution is 9.10. The lowest BCUT2D eigenvalue weighted by molar-refractivity contribution is -0.0160. The zero-order valence-electron chi connectivity index (χ0n) is 9.70. The van der Waals surface area contributed by atoms with Crippen LogP contribution in [-0.4, -0.2) is 23.9 Å². The molecule has 1 heterocycles. The predicted molar refractivity (Wildman–Crippen MR) is 67.3 cm³/mol. The van der Waals surface area contributed by atoms with Gasteiger partial charge in [0.15, 0.2) is 0 Å². The first-order chi connectivity index (χ1) is 8.08. The lowest BCUT2D eigenvalue weighted by Gasteiger charge is -2.21. The van der Waals surface area contributed by atoms with Crippen molar-refractivity contribution in [2.24, 2.45) is 5.92 Å². The number of rotatable bonds is 3. The van der Waals surface area contributed by atoms with Crippen molar-refractivity contribution in [1.29, 1.82) is 0 Å². The van der Waals surface area contributed by atoms with Crippen LogP contribution in [0.15, 0.2) is 22.7 Å². The van der Waals surface area contributed by atoms with Gasteiger partial charge in [0.05, 0.1) is 12.2 Å². The Morgan fingerprint density at radius 3 is 3.00 bits per heavy atom. The number of aliphatic hydroxyl groups excluding tert-OH is 1. The molecule has 17 heavy (non-hydrogen) atoms. The zero-order chi connectivity index (χ0) is 12.4. The number of hydrogen-bond donors (Lipinski definition) is 1. The predicted octanol–water partition coefficient (Wildman–Crippen LogP) is 2.92. The normalized spacial score (nSPS) is 26.1. The number of halogens is 2. The first-order valence-electron chi connectivity index (χ1n) is 5.81. The Morgan fingerprint density at radius 1 is 1.59 bits per heavy atom. The summed E-state index contributed by atoms with van der Waals surface area (Å²) in [6.45, 7) is 2.74. The van der Waals surface area contributed by atoms with Gasteiger partial charge in [-0.15, -0.1) is 0 Å². The molecule has 0 aromatic heterocycles. The van der Waals surface area contributed by atoms with Crippen molar-refractivity contribution < 1.29 is 14.2 Å². The second kappa shape index (κ2) is 5.46. The Bertz CT molecular complexity index is 397. The van der Waals surface area contributed by atoms with Gasteiger partial charge < -0.3 is 9.84 Å². The van der Waals surface area contributed by atoms with E-state index in [1.807, 2.05) is 0 Å². The van der Waals surface area contributed by atoms with Gasteiger partial charge in [-0.1, -0.05) is 22.9 Å². The second-order valence-corrected chi connectivity index (χ2v) is 5.52. The first-order valence-corrected chi connectivity index (χ1v) is 6.61. The fraction of sp³-hybridized carbons (Fsp3) is 0.538. The van der Waals surface area contributed by atoms with Crippen LogP contribution in [0.5, 0.6) is 0 Å². The molecule has 3 unspecified atom stereocenters. The molecule has 0 saturated carbocycles. The van der Waals surface area contributed by atoms with E-state index in [1.165, 1.54) is 6.07 Å². The van der Waals surface area contributed by atoms with Gasteiger partial charge in [-0.05, 0) is 36.1 Å². The number of benzene rings is 1. The fourth-order valence-corrected chi connectivity index (χ4v) is 2.66. The highest BCUT2D eigenvalue weighted by Gasteiger charge is 2.31. The molecule has 3 atom stereocenters. The topological polar surface area (TPSA) is 29.5 Å². The summed E-state index contributed by atoms with van der Waals surface area (Å²) in [4.78, 5) is 0. The summed E-state index contributed by atoms with van der Waals surface area (Å²) in [6, 6.07) is 4.77. The van der Waals surface area contributed by atoms with E-state index >= 15 is 0 Å². The molecule has 1 N–H and O–H groups in total. The van der Waals surface area contributed by atoms with Crippen molar-refractivity contribution in [1.82, 2.24) is 0 Å². The summed E-state index contributed by atoms with van der Waals surface area (Å²) >= 11 is 3.30. The van der Waals surface area contributed by atoms with Crippen LogP contribution >= 0.6 is 15.9 Å². The lowest BCUT2D eigenvalue weighted by Crippen LogP contribution is -2.32. The van der Waals surface area contributed by atoms with E-state index in [4.69, 9.17) is 4.74 Å². The molecule has 1 aromatic rings. The van der Waals surface area contributed by atoms with Gasteiger partial charge in [-0.3, -0.25) is 0 Å². The summed E-state index contributed by atoms with van der Waals surface area (Å²) in [6.07, 6.45) is 0.438. The van der Waals surface area contributed by atoms with Gasteiger partial charge in [0.25, 0.3) is 0 Å². The third kappa shape index (κ3) is 3.06. The molecule has 1 aromatic carbocycles. The van der Waals surface area contributed by atoms with Gasteiger partial charge in [-0.2, -0.15) is 0 Å². The minimum absolute atomic E-state index is 0.173. The molecule has 1 aliphatic rings. The molecule has 94 valence electrons. The summed E-state index contributed by atoms with van der Waals surface area (Å²) in [5.41, 5.74) is 0.523. The third-order valence-corrected chi connectivity index (χ3v) is 3.75. The Kier molecular flexibility index (Phi) is 4.17. The molecule has 0 amide bonds. The van der Waals surface area contributed by atoms with E-state index < -0.39 is 6.10 Å². The summed E-state index contributed by atoms with van der Waals surface area (Å²) in [7, 11) is 0. The molecule has 0 radical (unpaired) electrons. The van der Waals surface area contributed by atoms with Gasteiger partial charge in [-0.25, -0.2) is 4.39 Å². The average molecular weight is 303 g/mol. The number of hydrogen-bond acceptors (Lipinski definition) is 2. The molecular formula is C13H16BrFO2. The monoisotopic (exact) mass is 302 g/mol.